The molecule has 0 saturated carbocycles. The molecule has 1 heterocycles. The van der Waals surface area contributed by atoms with E-state index in [0.29, 0.717) is 0 Å². The zero-order chi connectivity index (χ0) is 28.0. The van der Waals surface area contributed by atoms with Gasteiger partial charge in [0.2, 0.25) is 0 Å². The van der Waals surface area contributed by atoms with Gasteiger partial charge in [-0.2, -0.15) is 0 Å². The van der Waals surface area contributed by atoms with E-state index < -0.39 is 31.9 Å². The lowest BCUT2D eigenvalue weighted by molar-refractivity contribution is -0.142. The minimum absolute atomic E-state index is 0.00946. The van der Waals surface area contributed by atoms with Crippen LogP contribution in [0.1, 0.15) is 25.0 Å². The van der Waals surface area contributed by atoms with E-state index in [1.165, 1.54) is 0 Å². The molecule has 1 saturated heterocycles. The Morgan fingerprint density at radius 1 is 0.846 bits per heavy atom. The highest BCUT2D eigenvalue weighted by molar-refractivity contribution is 7.48. The lowest BCUT2D eigenvalue weighted by Crippen LogP contribution is -2.29. The zero-order valence-electron chi connectivity index (χ0n) is 22.0. The van der Waals surface area contributed by atoms with Crippen molar-refractivity contribution in [1.82, 2.24) is 10.6 Å². The molecule has 1 aliphatic rings. The summed E-state index contributed by atoms with van der Waals surface area (Å²) in [7, 11) is -4.08. The van der Waals surface area contributed by atoms with E-state index in [1.54, 1.807) is 13.8 Å². The second-order valence-electron chi connectivity index (χ2n) is 8.84. The maximum absolute atomic E-state index is 13.2. The van der Waals surface area contributed by atoms with Crippen molar-refractivity contribution in [2.45, 2.75) is 39.0 Å². The summed E-state index contributed by atoms with van der Waals surface area (Å²) in [5, 5.41) is 5.01. The summed E-state index contributed by atoms with van der Waals surface area (Å²) in [5.41, 5.74) is 1.68. The molecule has 0 aromatic heterocycles. The Bertz CT molecular complexity index is 1000. The summed E-state index contributed by atoms with van der Waals surface area (Å²) in [6.45, 7) is 3.48. The number of phosphoric ester groups is 1. The van der Waals surface area contributed by atoms with Gasteiger partial charge in [0.15, 0.2) is 5.79 Å². The molecule has 2 aromatic rings. The Kier molecular flexibility index (Phi) is 12.2. The number of carbonyl (C=O) groups is 2. The fourth-order valence-electron chi connectivity index (χ4n) is 3.30. The number of hydrogen-bond acceptors (Lipinski definition) is 10. The van der Waals surface area contributed by atoms with Gasteiger partial charge in [0.1, 0.15) is 19.3 Å². The molecule has 3 rings (SSSR count). The predicted molar refractivity (Wildman–Crippen MR) is 140 cm³/mol. The first-order valence-corrected chi connectivity index (χ1v) is 13.9. The van der Waals surface area contributed by atoms with Crippen molar-refractivity contribution < 1.29 is 46.7 Å². The number of hydrogen-bond donors (Lipinski definition) is 2. The topological polar surface area (TPSA) is 140 Å². The molecule has 2 amide bonds. The molecule has 1 atom stereocenters. The molecule has 2 aromatic carbocycles. The summed E-state index contributed by atoms with van der Waals surface area (Å²) >= 11 is 0. The van der Waals surface area contributed by atoms with Crippen molar-refractivity contribution in [3.05, 3.63) is 71.8 Å². The number of amides is 2. The lowest BCUT2D eigenvalue weighted by atomic mass is 10.2. The Morgan fingerprint density at radius 2 is 1.33 bits per heavy atom. The molecule has 1 fully saturated rings. The third-order valence-corrected chi connectivity index (χ3v) is 6.62. The molecule has 0 aliphatic carbocycles. The van der Waals surface area contributed by atoms with Crippen LogP contribution in [0.4, 0.5) is 9.59 Å². The highest BCUT2D eigenvalue weighted by atomic mass is 31.2. The number of alkyl carbamates (subject to hydrolysis) is 2. The molecule has 2 N–H and O–H groups in total. The zero-order valence-corrected chi connectivity index (χ0v) is 22.9. The van der Waals surface area contributed by atoms with Crippen molar-refractivity contribution >= 4 is 20.0 Å². The predicted octanol–water partition coefficient (Wildman–Crippen LogP) is 4.15. The highest BCUT2D eigenvalue weighted by Gasteiger charge is 2.36. The Morgan fingerprint density at radius 3 is 1.77 bits per heavy atom. The molecule has 1 unspecified atom stereocenters. The van der Waals surface area contributed by atoms with E-state index >= 15 is 0 Å². The third-order valence-electron chi connectivity index (χ3n) is 5.15. The number of carbonyl (C=O) groups excluding carboxylic acids is 2. The SMILES string of the molecule is CC1(C)OCC(COP(=O)(OCCNC(=O)OCc2ccccc2)OCCNC(=O)OCc2ccccc2)O1. The fraction of sp³-hybridized carbons (Fsp3) is 0.462. The summed E-state index contributed by atoms with van der Waals surface area (Å²) in [5.74, 6) is -0.784. The van der Waals surface area contributed by atoms with Crippen LogP contribution in [0.2, 0.25) is 0 Å². The van der Waals surface area contributed by atoms with E-state index in [4.69, 9.17) is 32.5 Å². The van der Waals surface area contributed by atoms with E-state index in [2.05, 4.69) is 10.6 Å². The normalized spacial score (nSPS) is 16.4. The van der Waals surface area contributed by atoms with Gasteiger partial charge in [-0.05, 0) is 25.0 Å². The van der Waals surface area contributed by atoms with Crippen molar-refractivity contribution in [1.29, 1.82) is 0 Å². The van der Waals surface area contributed by atoms with Crippen LogP contribution in [-0.2, 0) is 50.3 Å². The summed E-state index contributed by atoms with van der Waals surface area (Å²) in [6.07, 6.45) is -1.79. The van der Waals surface area contributed by atoms with Crippen molar-refractivity contribution in [3.8, 4) is 0 Å². The smallest absolute Gasteiger partial charge is 0.445 e. The van der Waals surface area contributed by atoms with Gasteiger partial charge in [-0.15, -0.1) is 0 Å². The van der Waals surface area contributed by atoms with E-state index in [0.717, 1.165) is 11.1 Å². The molecule has 13 heteroatoms. The molecule has 0 bridgehead atoms. The quantitative estimate of drug-likeness (QED) is 0.239. The molecular weight excluding hydrogens is 531 g/mol. The first-order valence-electron chi connectivity index (χ1n) is 12.5. The standard InChI is InChI=1S/C26H35N2O10P/c1-26(2)34-19-23(38-26)20-37-39(31,35-15-13-27-24(29)32-17-21-9-5-3-6-10-21)36-16-14-28-25(30)33-18-22-11-7-4-8-12-22/h3-12,23H,13-20H2,1-2H3,(H,27,29)(H,28,30). The van der Waals surface area contributed by atoms with Crippen molar-refractivity contribution in [3.63, 3.8) is 0 Å². The van der Waals surface area contributed by atoms with Crippen LogP contribution in [0.5, 0.6) is 0 Å². The van der Waals surface area contributed by atoms with Gasteiger partial charge in [0.05, 0.1) is 26.4 Å². The number of ether oxygens (including phenoxy) is 4. The van der Waals surface area contributed by atoms with E-state index in [-0.39, 0.29) is 52.7 Å². The van der Waals surface area contributed by atoms with Crippen LogP contribution in [0, 0.1) is 0 Å². The second-order valence-corrected chi connectivity index (χ2v) is 10.5. The fourth-order valence-corrected chi connectivity index (χ4v) is 4.50. The first kappa shape index (κ1) is 30.6. The maximum Gasteiger partial charge on any atom is 0.475 e. The Balaban J connectivity index is 1.39. The molecule has 1 aliphatic heterocycles. The molecular formula is C26H35N2O10P. The maximum atomic E-state index is 13.2. The summed E-state index contributed by atoms with van der Waals surface area (Å²) in [6, 6.07) is 18.4. The van der Waals surface area contributed by atoms with Crippen LogP contribution in [0.3, 0.4) is 0 Å². The number of rotatable bonds is 15. The van der Waals surface area contributed by atoms with Gasteiger partial charge in [0.25, 0.3) is 0 Å². The first-order chi connectivity index (χ1) is 18.7. The van der Waals surface area contributed by atoms with Crippen molar-refractivity contribution in [2.75, 3.05) is 39.5 Å². The van der Waals surface area contributed by atoms with Gasteiger partial charge in [-0.25, -0.2) is 14.2 Å². The molecule has 0 radical (unpaired) electrons. The average Bonchev–Trinajstić information content (AvgIpc) is 3.30. The number of nitrogens with one attached hydrogen (secondary N) is 2. The molecule has 214 valence electrons. The van der Waals surface area contributed by atoms with Crippen LogP contribution in [0.15, 0.2) is 60.7 Å². The van der Waals surface area contributed by atoms with E-state index in [1.807, 2.05) is 60.7 Å². The highest BCUT2D eigenvalue weighted by Crippen LogP contribution is 2.49. The minimum Gasteiger partial charge on any atom is -0.445 e. The van der Waals surface area contributed by atoms with Crippen LogP contribution in [-0.4, -0.2) is 63.6 Å². The van der Waals surface area contributed by atoms with Gasteiger partial charge < -0.3 is 29.6 Å². The number of phosphoric acid groups is 1. The second kappa shape index (κ2) is 15.6. The van der Waals surface area contributed by atoms with Gasteiger partial charge >= 0.3 is 20.0 Å². The summed E-state index contributed by atoms with van der Waals surface area (Å²) < 4.78 is 50.8. The third kappa shape index (κ3) is 12.2. The average molecular weight is 567 g/mol. The van der Waals surface area contributed by atoms with Crippen LogP contribution in [0.25, 0.3) is 0 Å². The lowest BCUT2D eigenvalue weighted by Gasteiger charge is -2.21. The van der Waals surface area contributed by atoms with E-state index in [9.17, 15) is 14.2 Å². The van der Waals surface area contributed by atoms with Gasteiger partial charge in [-0.1, -0.05) is 60.7 Å². The van der Waals surface area contributed by atoms with Gasteiger partial charge in [-0.3, -0.25) is 13.6 Å². The largest absolute Gasteiger partial charge is 0.475 e. The summed E-state index contributed by atoms with van der Waals surface area (Å²) in [4.78, 5) is 23.8. The molecule has 0 spiro atoms. The minimum atomic E-state index is -4.08. The monoisotopic (exact) mass is 566 g/mol. The van der Waals surface area contributed by atoms with Crippen LogP contribution >= 0.6 is 7.82 Å². The molecule has 12 nitrogen and oxygen atoms in total. The molecule has 39 heavy (non-hydrogen) atoms. The Hall–Kier alpha value is -2.99. The van der Waals surface area contributed by atoms with Crippen LogP contribution < -0.4 is 10.6 Å². The van der Waals surface area contributed by atoms with Crippen molar-refractivity contribution in [2.24, 2.45) is 0 Å². The van der Waals surface area contributed by atoms with Gasteiger partial charge in [0, 0.05) is 13.1 Å². The number of benzene rings is 2. The Labute approximate surface area is 227 Å².